The van der Waals surface area contributed by atoms with Crippen molar-refractivity contribution in [2.75, 3.05) is 39.5 Å². The van der Waals surface area contributed by atoms with E-state index in [1.54, 1.807) is 6.20 Å². The second-order valence-corrected chi connectivity index (χ2v) is 8.71. The van der Waals surface area contributed by atoms with Crippen molar-refractivity contribution < 1.29 is 19.1 Å². The van der Waals surface area contributed by atoms with Gasteiger partial charge in [0.25, 0.3) is 5.91 Å². The number of allylic oxidation sites excluding steroid dienone is 2. The molecule has 5 rings (SSSR count). The van der Waals surface area contributed by atoms with Crippen LogP contribution in [0.15, 0.2) is 28.9 Å². The van der Waals surface area contributed by atoms with Gasteiger partial charge in [-0.15, -0.1) is 0 Å². The molecule has 1 atom stereocenters. The van der Waals surface area contributed by atoms with Gasteiger partial charge in [-0.25, -0.2) is 4.99 Å². The first-order valence-corrected chi connectivity index (χ1v) is 11.1. The van der Waals surface area contributed by atoms with Crippen LogP contribution in [-0.2, 0) is 14.3 Å². The van der Waals surface area contributed by atoms with E-state index >= 15 is 0 Å². The maximum Gasteiger partial charge on any atom is 0.281 e. The molecule has 1 aromatic rings. The van der Waals surface area contributed by atoms with E-state index in [4.69, 9.17) is 9.47 Å². The molecule has 3 aliphatic heterocycles. The molecule has 1 aromatic heterocycles. The minimum atomic E-state index is -0.346. The molecule has 0 N–H and O–H groups in total. The van der Waals surface area contributed by atoms with Crippen molar-refractivity contribution in [2.45, 2.75) is 32.7 Å². The fraction of sp³-hybridized carbons (Fsp3) is 0.565. The Bertz CT molecular complexity index is 993. The lowest BCUT2D eigenvalue weighted by atomic mass is 9.83. The molecule has 2 amide bonds. The highest BCUT2D eigenvalue weighted by molar-refractivity contribution is 6.36. The van der Waals surface area contributed by atoms with Crippen molar-refractivity contribution in [3.8, 4) is 0 Å². The highest BCUT2D eigenvalue weighted by Gasteiger charge is 2.38. The number of likely N-dealkylation sites (tertiary alicyclic amines) is 1. The third-order valence-corrected chi connectivity index (χ3v) is 6.60. The van der Waals surface area contributed by atoms with Crippen LogP contribution >= 0.6 is 0 Å². The van der Waals surface area contributed by atoms with Crippen LogP contribution in [0.5, 0.6) is 0 Å². The quantitative estimate of drug-likeness (QED) is 0.724. The molecule has 4 aliphatic rings. The van der Waals surface area contributed by atoms with Crippen LogP contribution in [0.1, 0.15) is 48.8 Å². The summed E-state index contributed by atoms with van der Waals surface area (Å²) in [5.41, 5.74) is 3.69. The van der Waals surface area contributed by atoms with Crippen molar-refractivity contribution in [3.63, 3.8) is 0 Å². The summed E-state index contributed by atoms with van der Waals surface area (Å²) in [4.78, 5) is 32.1. The predicted octanol–water partition coefficient (Wildman–Crippen LogP) is 2.28. The van der Waals surface area contributed by atoms with Crippen molar-refractivity contribution >= 4 is 23.1 Å². The number of fused-ring (bicyclic) bond motifs is 3. The first-order valence-electron chi connectivity index (χ1n) is 11.1. The maximum atomic E-state index is 13.2. The van der Waals surface area contributed by atoms with Gasteiger partial charge in [-0.2, -0.15) is 5.10 Å². The molecular weight excluding hydrogens is 396 g/mol. The van der Waals surface area contributed by atoms with E-state index in [1.807, 2.05) is 35.6 Å². The lowest BCUT2D eigenvalue weighted by Crippen LogP contribution is -2.53. The van der Waals surface area contributed by atoms with E-state index in [0.717, 1.165) is 42.8 Å². The zero-order valence-electron chi connectivity index (χ0n) is 18.0. The molecule has 164 valence electrons. The molecular formula is C23H28N4O4. The summed E-state index contributed by atoms with van der Waals surface area (Å²) >= 11 is 0. The van der Waals surface area contributed by atoms with Gasteiger partial charge in [-0.05, 0) is 32.8 Å². The zero-order valence-corrected chi connectivity index (χ0v) is 18.0. The fourth-order valence-electron chi connectivity index (χ4n) is 4.83. The van der Waals surface area contributed by atoms with E-state index < -0.39 is 0 Å². The molecule has 0 radical (unpaired) electrons. The predicted molar refractivity (Wildman–Crippen MR) is 115 cm³/mol. The van der Waals surface area contributed by atoms with Gasteiger partial charge in [0.2, 0.25) is 5.91 Å². The Labute approximate surface area is 181 Å². The number of nitrogens with zero attached hydrogens (tertiary/aromatic N) is 4. The van der Waals surface area contributed by atoms with Crippen LogP contribution in [0.2, 0.25) is 0 Å². The fourth-order valence-corrected chi connectivity index (χ4v) is 4.83. The number of carbonyl (C=O) groups excluding carboxylic acids is 2. The molecule has 4 heterocycles. The van der Waals surface area contributed by atoms with Crippen LogP contribution < -0.4 is 0 Å². The Kier molecular flexibility index (Phi) is 5.35. The van der Waals surface area contributed by atoms with Crippen molar-refractivity contribution in [2.24, 2.45) is 16.8 Å². The lowest BCUT2D eigenvalue weighted by Gasteiger charge is -2.41. The molecule has 2 fully saturated rings. The second-order valence-electron chi connectivity index (χ2n) is 8.71. The zero-order chi connectivity index (χ0) is 21.5. The number of amides is 2. The van der Waals surface area contributed by atoms with Gasteiger partial charge in [-0.1, -0.05) is 11.6 Å². The number of aliphatic imine (C=N–C) groups is 1. The van der Waals surface area contributed by atoms with Gasteiger partial charge >= 0.3 is 0 Å². The SMILES string of the molecule is CCOCC1CN(C(=O)C2C=C3C(=NC(=O)c4cnn(C5CCOCC5)c43)C=C2C)C1. The van der Waals surface area contributed by atoms with E-state index in [0.29, 0.717) is 43.6 Å². The summed E-state index contributed by atoms with van der Waals surface area (Å²) in [5.74, 6) is -0.101. The second kappa shape index (κ2) is 8.16. The molecule has 0 spiro atoms. The molecule has 8 nitrogen and oxygen atoms in total. The highest BCUT2D eigenvalue weighted by atomic mass is 16.5. The number of ether oxygens (including phenoxy) is 2. The number of carbonyl (C=O) groups is 2. The van der Waals surface area contributed by atoms with Crippen LogP contribution in [0.25, 0.3) is 5.57 Å². The maximum absolute atomic E-state index is 13.2. The molecule has 0 saturated carbocycles. The third kappa shape index (κ3) is 3.57. The van der Waals surface area contributed by atoms with Gasteiger partial charge in [0.15, 0.2) is 0 Å². The van der Waals surface area contributed by atoms with Crippen molar-refractivity contribution in [1.82, 2.24) is 14.7 Å². The Balaban J connectivity index is 1.43. The van der Waals surface area contributed by atoms with E-state index in [2.05, 4.69) is 10.1 Å². The van der Waals surface area contributed by atoms with Gasteiger partial charge in [0, 0.05) is 44.4 Å². The van der Waals surface area contributed by atoms with Gasteiger partial charge < -0.3 is 14.4 Å². The number of rotatable bonds is 5. The summed E-state index contributed by atoms with van der Waals surface area (Å²) in [6.45, 7) is 8.16. The normalized spacial score (nSPS) is 24.1. The Morgan fingerprint density at radius 3 is 2.81 bits per heavy atom. The minimum Gasteiger partial charge on any atom is -0.381 e. The summed E-state index contributed by atoms with van der Waals surface area (Å²) in [5, 5.41) is 4.55. The topological polar surface area (TPSA) is 86.0 Å². The number of aromatic nitrogens is 2. The Morgan fingerprint density at radius 2 is 2.06 bits per heavy atom. The molecule has 0 bridgehead atoms. The summed E-state index contributed by atoms with van der Waals surface area (Å²) in [7, 11) is 0. The lowest BCUT2D eigenvalue weighted by molar-refractivity contribution is -0.140. The molecule has 1 aliphatic carbocycles. The first kappa shape index (κ1) is 20.3. The van der Waals surface area contributed by atoms with E-state index in [1.165, 1.54) is 0 Å². The molecule has 1 unspecified atom stereocenters. The van der Waals surface area contributed by atoms with E-state index in [9.17, 15) is 9.59 Å². The van der Waals surface area contributed by atoms with E-state index in [-0.39, 0.29) is 23.8 Å². The van der Waals surface area contributed by atoms with Crippen molar-refractivity contribution in [3.05, 3.63) is 35.2 Å². The smallest absolute Gasteiger partial charge is 0.281 e. The van der Waals surface area contributed by atoms with Crippen LogP contribution in [0.3, 0.4) is 0 Å². The summed E-state index contributed by atoms with van der Waals surface area (Å²) in [6, 6.07) is 0.182. The number of hydrogen-bond donors (Lipinski definition) is 0. The first-order chi connectivity index (χ1) is 15.1. The molecule has 2 saturated heterocycles. The van der Waals surface area contributed by atoms with Crippen LogP contribution in [-0.4, -0.2) is 71.7 Å². The van der Waals surface area contributed by atoms with Gasteiger partial charge in [-0.3, -0.25) is 14.3 Å². The average molecular weight is 425 g/mol. The van der Waals surface area contributed by atoms with Crippen LogP contribution in [0.4, 0.5) is 0 Å². The average Bonchev–Trinajstić information content (AvgIpc) is 3.19. The van der Waals surface area contributed by atoms with Crippen LogP contribution in [0, 0.1) is 11.8 Å². The third-order valence-electron chi connectivity index (χ3n) is 6.60. The molecule has 8 heteroatoms. The Hall–Kier alpha value is -2.58. The number of hydrogen-bond acceptors (Lipinski definition) is 5. The highest BCUT2D eigenvalue weighted by Crippen LogP contribution is 2.37. The summed E-state index contributed by atoms with van der Waals surface area (Å²) in [6.07, 6.45) is 7.19. The van der Waals surface area contributed by atoms with Gasteiger partial charge in [0.05, 0.1) is 41.7 Å². The minimum absolute atomic E-state index is 0.101. The van der Waals surface area contributed by atoms with Crippen molar-refractivity contribution in [1.29, 1.82) is 0 Å². The monoisotopic (exact) mass is 424 g/mol. The Morgan fingerprint density at radius 1 is 1.29 bits per heavy atom. The molecule has 0 aromatic carbocycles. The standard InChI is InChI=1S/C23H28N4O4/c1-3-30-13-15-11-26(12-15)23(29)17-9-18-20(8-14(17)2)25-22(28)19-10-24-27(21(18)19)16-4-6-31-7-5-16/h8-10,15-17H,3-7,11-13H2,1-2H3. The largest absolute Gasteiger partial charge is 0.381 e. The van der Waals surface area contributed by atoms with Gasteiger partial charge in [0.1, 0.15) is 0 Å². The summed E-state index contributed by atoms with van der Waals surface area (Å²) < 4.78 is 12.9. The molecule has 31 heavy (non-hydrogen) atoms.